The molecule has 2 aromatic rings. The van der Waals surface area contributed by atoms with Crippen molar-refractivity contribution in [1.29, 1.82) is 0 Å². The van der Waals surface area contributed by atoms with E-state index in [2.05, 4.69) is 5.32 Å². The molecule has 2 rings (SSSR count). The van der Waals surface area contributed by atoms with E-state index in [1.807, 2.05) is 36.6 Å². The molecule has 0 heterocycles. The van der Waals surface area contributed by atoms with Crippen LogP contribution in [-0.2, 0) is 4.79 Å². The van der Waals surface area contributed by atoms with Gasteiger partial charge < -0.3 is 16.0 Å². The van der Waals surface area contributed by atoms with Crippen LogP contribution < -0.4 is 16.0 Å². The SMILES string of the molecule is CSCC[C@H](N)C(=O)Nc1cccc(C(=O)N(C)c2ccccc2)c1. The van der Waals surface area contributed by atoms with Crippen LogP contribution in [0.5, 0.6) is 0 Å². The molecule has 0 bridgehead atoms. The van der Waals surface area contributed by atoms with E-state index in [1.165, 1.54) is 0 Å². The molecule has 0 aliphatic heterocycles. The summed E-state index contributed by atoms with van der Waals surface area (Å²) in [7, 11) is 1.72. The van der Waals surface area contributed by atoms with Crippen molar-refractivity contribution < 1.29 is 9.59 Å². The summed E-state index contributed by atoms with van der Waals surface area (Å²) >= 11 is 1.65. The maximum Gasteiger partial charge on any atom is 0.258 e. The van der Waals surface area contributed by atoms with Gasteiger partial charge in [0.1, 0.15) is 0 Å². The zero-order valence-electron chi connectivity index (χ0n) is 14.4. The number of hydrogen-bond acceptors (Lipinski definition) is 4. The average molecular weight is 357 g/mol. The highest BCUT2D eigenvalue weighted by Crippen LogP contribution is 2.17. The summed E-state index contributed by atoms with van der Waals surface area (Å²) in [5.41, 5.74) is 7.75. The summed E-state index contributed by atoms with van der Waals surface area (Å²) in [4.78, 5) is 26.3. The van der Waals surface area contributed by atoms with Crippen molar-refractivity contribution >= 4 is 35.0 Å². The van der Waals surface area contributed by atoms with Crippen LogP contribution in [0.3, 0.4) is 0 Å². The number of nitrogens with two attached hydrogens (primary N) is 1. The van der Waals surface area contributed by atoms with Gasteiger partial charge in [-0.15, -0.1) is 0 Å². The summed E-state index contributed by atoms with van der Waals surface area (Å²) < 4.78 is 0. The van der Waals surface area contributed by atoms with Crippen LogP contribution in [0, 0.1) is 0 Å². The standard InChI is InChI=1S/C19H23N3O2S/c1-22(16-9-4-3-5-10-16)19(24)14-7-6-8-15(13-14)21-18(23)17(20)11-12-25-2/h3-10,13,17H,11-12,20H2,1-2H3,(H,21,23)/t17-/m0/s1. The summed E-state index contributed by atoms with van der Waals surface area (Å²) in [6.45, 7) is 0. The molecule has 2 aromatic carbocycles. The van der Waals surface area contributed by atoms with Gasteiger partial charge in [0.15, 0.2) is 0 Å². The highest BCUT2D eigenvalue weighted by atomic mass is 32.2. The molecule has 0 aliphatic rings. The molecule has 2 amide bonds. The molecule has 0 fully saturated rings. The van der Waals surface area contributed by atoms with E-state index in [9.17, 15) is 9.59 Å². The smallest absolute Gasteiger partial charge is 0.258 e. The van der Waals surface area contributed by atoms with Gasteiger partial charge in [0.25, 0.3) is 5.91 Å². The lowest BCUT2D eigenvalue weighted by atomic mass is 10.1. The Morgan fingerprint density at radius 1 is 1.16 bits per heavy atom. The highest BCUT2D eigenvalue weighted by Gasteiger charge is 2.16. The van der Waals surface area contributed by atoms with Crippen molar-refractivity contribution in [1.82, 2.24) is 0 Å². The third-order valence-electron chi connectivity index (χ3n) is 3.79. The van der Waals surface area contributed by atoms with Crippen LogP contribution >= 0.6 is 11.8 Å². The number of anilines is 2. The van der Waals surface area contributed by atoms with Crippen LogP contribution in [0.15, 0.2) is 54.6 Å². The first kappa shape index (κ1) is 19.0. The molecular weight excluding hydrogens is 334 g/mol. The Bertz CT molecular complexity index is 722. The lowest BCUT2D eigenvalue weighted by Crippen LogP contribution is -2.36. The molecule has 0 saturated carbocycles. The Morgan fingerprint density at radius 2 is 1.88 bits per heavy atom. The van der Waals surface area contributed by atoms with E-state index in [0.717, 1.165) is 11.4 Å². The molecule has 5 nitrogen and oxygen atoms in total. The van der Waals surface area contributed by atoms with Gasteiger partial charge in [-0.2, -0.15) is 11.8 Å². The van der Waals surface area contributed by atoms with E-state index < -0.39 is 6.04 Å². The number of carbonyl (C=O) groups excluding carboxylic acids is 2. The van der Waals surface area contributed by atoms with Crippen LogP contribution in [0.1, 0.15) is 16.8 Å². The molecule has 0 saturated heterocycles. The summed E-state index contributed by atoms with van der Waals surface area (Å²) in [6, 6.07) is 15.7. The Labute approximate surface area is 152 Å². The maximum absolute atomic E-state index is 12.6. The number of hydrogen-bond donors (Lipinski definition) is 2. The number of thioether (sulfide) groups is 1. The molecule has 132 valence electrons. The second-order valence-corrected chi connectivity index (χ2v) is 6.64. The molecule has 0 spiro atoms. The molecule has 0 radical (unpaired) electrons. The third-order valence-corrected chi connectivity index (χ3v) is 4.44. The normalized spacial score (nSPS) is 11.6. The van der Waals surface area contributed by atoms with E-state index in [0.29, 0.717) is 17.7 Å². The number of nitrogens with one attached hydrogen (secondary N) is 1. The zero-order chi connectivity index (χ0) is 18.2. The van der Waals surface area contributed by atoms with Crippen LogP contribution in [-0.4, -0.2) is 36.9 Å². The van der Waals surface area contributed by atoms with Crippen LogP contribution in [0.2, 0.25) is 0 Å². The molecule has 6 heteroatoms. The van der Waals surface area contributed by atoms with Gasteiger partial charge in [0, 0.05) is 24.0 Å². The fourth-order valence-electron chi connectivity index (χ4n) is 2.30. The second kappa shape index (κ2) is 9.25. The molecule has 3 N–H and O–H groups in total. The maximum atomic E-state index is 12.6. The monoisotopic (exact) mass is 357 g/mol. The minimum Gasteiger partial charge on any atom is -0.325 e. The van der Waals surface area contributed by atoms with Gasteiger partial charge in [0.2, 0.25) is 5.91 Å². The number of amides is 2. The van der Waals surface area contributed by atoms with Crippen molar-refractivity contribution in [2.75, 3.05) is 29.3 Å². The zero-order valence-corrected chi connectivity index (χ0v) is 15.3. The van der Waals surface area contributed by atoms with Crippen molar-refractivity contribution in [3.8, 4) is 0 Å². The fourth-order valence-corrected chi connectivity index (χ4v) is 2.79. The van der Waals surface area contributed by atoms with Gasteiger partial charge in [-0.3, -0.25) is 9.59 Å². The Kier molecular flexibility index (Phi) is 7.03. The van der Waals surface area contributed by atoms with Gasteiger partial charge in [-0.1, -0.05) is 24.3 Å². The summed E-state index contributed by atoms with van der Waals surface area (Å²) in [5, 5.41) is 2.78. The van der Waals surface area contributed by atoms with Gasteiger partial charge in [-0.25, -0.2) is 0 Å². The van der Waals surface area contributed by atoms with E-state index >= 15 is 0 Å². The fraction of sp³-hybridized carbons (Fsp3) is 0.263. The first-order chi connectivity index (χ1) is 12.0. The first-order valence-corrected chi connectivity index (χ1v) is 9.41. The Hall–Kier alpha value is -2.31. The number of nitrogens with zero attached hydrogens (tertiary/aromatic N) is 1. The van der Waals surface area contributed by atoms with Gasteiger partial charge in [0.05, 0.1) is 6.04 Å². The Balaban J connectivity index is 2.08. The quantitative estimate of drug-likeness (QED) is 0.799. The highest BCUT2D eigenvalue weighted by molar-refractivity contribution is 7.98. The van der Waals surface area contributed by atoms with Crippen LogP contribution in [0.25, 0.3) is 0 Å². The number of rotatable bonds is 7. The van der Waals surface area contributed by atoms with E-state index in [4.69, 9.17) is 5.73 Å². The predicted molar refractivity (Wildman–Crippen MR) is 105 cm³/mol. The molecule has 1 atom stereocenters. The predicted octanol–water partition coefficient (Wildman–Crippen LogP) is 2.98. The topological polar surface area (TPSA) is 75.4 Å². The van der Waals surface area contributed by atoms with E-state index in [1.54, 1.807) is 48.0 Å². The van der Waals surface area contributed by atoms with Crippen molar-refractivity contribution in [2.45, 2.75) is 12.5 Å². The van der Waals surface area contributed by atoms with Crippen LogP contribution in [0.4, 0.5) is 11.4 Å². The average Bonchev–Trinajstić information content (AvgIpc) is 2.65. The van der Waals surface area contributed by atoms with Crippen molar-refractivity contribution in [2.24, 2.45) is 5.73 Å². The molecule has 0 aliphatic carbocycles. The minimum atomic E-state index is -0.557. The largest absolute Gasteiger partial charge is 0.325 e. The van der Waals surface area contributed by atoms with Crippen molar-refractivity contribution in [3.63, 3.8) is 0 Å². The lowest BCUT2D eigenvalue weighted by molar-refractivity contribution is -0.117. The minimum absolute atomic E-state index is 0.144. The number of para-hydroxylation sites is 1. The second-order valence-electron chi connectivity index (χ2n) is 5.66. The molecular formula is C19H23N3O2S. The van der Waals surface area contributed by atoms with Gasteiger partial charge in [-0.05, 0) is 48.8 Å². The van der Waals surface area contributed by atoms with Crippen molar-refractivity contribution in [3.05, 3.63) is 60.2 Å². The molecule has 0 aromatic heterocycles. The lowest BCUT2D eigenvalue weighted by Gasteiger charge is -2.18. The van der Waals surface area contributed by atoms with E-state index in [-0.39, 0.29) is 11.8 Å². The summed E-state index contributed by atoms with van der Waals surface area (Å²) in [5.74, 6) is 0.443. The number of carbonyl (C=O) groups is 2. The first-order valence-electron chi connectivity index (χ1n) is 8.01. The molecule has 25 heavy (non-hydrogen) atoms. The number of benzene rings is 2. The summed E-state index contributed by atoms with van der Waals surface area (Å²) in [6.07, 6.45) is 2.59. The third kappa shape index (κ3) is 5.34. The Morgan fingerprint density at radius 3 is 2.56 bits per heavy atom. The van der Waals surface area contributed by atoms with Gasteiger partial charge >= 0.3 is 0 Å². The molecule has 0 unspecified atom stereocenters.